The van der Waals surface area contributed by atoms with E-state index < -0.39 is 5.97 Å². The number of nitriles is 1. The van der Waals surface area contributed by atoms with Crippen LogP contribution in [-0.2, 0) is 4.74 Å². The average Bonchev–Trinajstić information content (AvgIpc) is 2.66. The van der Waals surface area contributed by atoms with Crippen molar-refractivity contribution < 1.29 is 14.3 Å². The molecule has 1 aromatic heterocycles. The summed E-state index contributed by atoms with van der Waals surface area (Å²) < 4.78 is 10.5. The Kier molecular flexibility index (Phi) is 4.62. The summed E-state index contributed by atoms with van der Waals surface area (Å²) in [6.07, 6.45) is 1.48. The molecule has 0 saturated carbocycles. The second kappa shape index (κ2) is 7.02. The van der Waals surface area contributed by atoms with E-state index in [-0.39, 0.29) is 6.61 Å². The Morgan fingerprint density at radius 2 is 1.96 bits per heavy atom. The summed E-state index contributed by atoms with van der Waals surface area (Å²) in [5.41, 5.74) is 3.45. The van der Waals surface area contributed by atoms with Gasteiger partial charge in [0.2, 0.25) is 0 Å². The molecule has 0 spiro atoms. The molecule has 5 heteroatoms. The zero-order valence-electron chi connectivity index (χ0n) is 13.9. The highest BCUT2D eigenvalue weighted by Gasteiger charge is 2.18. The second-order valence-electron chi connectivity index (χ2n) is 5.32. The van der Waals surface area contributed by atoms with E-state index in [0.717, 1.165) is 22.0 Å². The molecule has 0 radical (unpaired) electrons. The van der Waals surface area contributed by atoms with E-state index in [2.05, 4.69) is 11.1 Å². The Bertz CT molecular complexity index is 973. The number of carbonyl (C=O) groups is 1. The van der Waals surface area contributed by atoms with Crippen LogP contribution in [-0.4, -0.2) is 24.7 Å². The van der Waals surface area contributed by atoms with E-state index in [9.17, 15) is 4.79 Å². The molecule has 3 rings (SSSR count). The molecule has 124 valence electrons. The molecule has 0 N–H and O–H groups in total. The fraction of sp³-hybridized carbons (Fsp3) is 0.150. The number of aromatic nitrogens is 1. The molecule has 0 saturated heterocycles. The highest BCUT2D eigenvalue weighted by Crippen LogP contribution is 2.34. The van der Waals surface area contributed by atoms with Crippen molar-refractivity contribution in [3.05, 3.63) is 59.8 Å². The minimum Gasteiger partial charge on any atom is -0.495 e. The summed E-state index contributed by atoms with van der Waals surface area (Å²) in [6, 6.07) is 15.1. The van der Waals surface area contributed by atoms with Crippen molar-refractivity contribution in [1.82, 2.24) is 4.98 Å². The largest absolute Gasteiger partial charge is 0.495 e. The molecule has 0 fully saturated rings. The van der Waals surface area contributed by atoms with E-state index in [4.69, 9.17) is 14.7 Å². The number of pyridine rings is 1. The molecule has 0 bridgehead atoms. The van der Waals surface area contributed by atoms with E-state index in [0.29, 0.717) is 16.9 Å². The molecule has 3 aromatic rings. The molecule has 0 aliphatic heterocycles. The zero-order chi connectivity index (χ0) is 17.8. The van der Waals surface area contributed by atoms with Crippen LogP contribution >= 0.6 is 0 Å². The molecule has 25 heavy (non-hydrogen) atoms. The van der Waals surface area contributed by atoms with Crippen LogP contribution in [0.4, 0.5) is 0 Å². The highest BCUT2D eigenvalue weighted by molar-refractivity contribution is 6.03. The maximum absolute atomic E-state index is 12.1. The van der Waals surface area contributed by atoms with Crippen LogP contribution in [0.25, 0.3) is 22.0 Å². The number of carbonyl (C=O) groups excluding carboxylic acids is 1. The Balaban J connectivity index is 2.19. The van der Waals surface area contributed by atoms with E-state index in [1.165, 1.54) is 13.3 Å². The number of methoxy groups -OCH3 is 1. The standard InChI is InChI=1S/C20H16N2O3/c1-3-25-20(23)17-12-22-18-15(5-4-6-16(18)19(17)24-2)14-9-7-13(11-21)8-10-14/h4-10,12H,3H2,1-2H3. The smallest absolute Gasteiger partial charge is 0.343 e. The molecular weight excluding hydrogens is 316 g/mol. The first-order valence-electron chi connectivity index (χ1n) is 7.83. The number of hydrogen-bond acceptors (Lipinski definition) is 5. The molecule has 0 aliphatic carbocycles. The van der Waals surface area contributed by atoms with Gasteiger partial charge in [-0.3, -0.25) is 4.98 Å². The Labute approximate surface area is 145 Å². The predicted molar refractivity (Wildman–Crippen MR) is 94.4 cm³/mol. The van der Waals surface area contributed by atoms with E-state index in [1.807, 2.05) is 30.3 Å². The lowest BCUT2D eigenvalue weighted by Gasteiger charge is -2.13. The molecule has 2 aromatic carbocycles. The fourth-order valence-electron chi connectivity index (χ4n) is 2.73. The van der Waals surface area contributed by atoms with Crippen LogP contribution in [0, 0.1) is 11.3 Å². The van der Waals surface area contributed by atoms with Gasteiger partial charge in [0.1, 0.15) is 11.3 Å². The number of esters is 1. The van der Waals surface area contributed by atoms with Gasteiger partial charge in [0.25, 0.3) is 0 Å². The summed E-state index contributed by atoms with van der Waals surface area (Å²) in [5.74, 6) is -0.0172. The average molecular weight is 332 g/mol. The first-order valence-corrected chi connectivity index (χ1v) is 7.83. The SMILES string of the molecule is CCOC(=O)c1cnc2c(-c3ccc(C#N)cc3)cccc2c1OC. The first-order chi connectivity index (χ1) is 12.2. The molecule has 1 heterocycles. The third-order valence-electron chi connectivity index (χ3n) is 3.87. The van der Waals surface area contributed by atoms with Crippen LogP contribution in [0.1, 0.15) is 22.8 Å². The van der Waals surface area contributed by atoms with Crippen LogP contribution in [0.15, 0.2) is 48.7 Å². The lowest BCUT2D eigenvalue weighted by molar-refractivity contribution is 0.0522. The number of para-hydroxylation sites is 1. The highest BCUT2D eigenvalue weighted by atomic mass is 16.5. The summed E-state index contributed by atoms with van der Waals surface area (Å²) in [6.45, 7) is 2.03. The fourth-order valence-corrected chi connectivity index (χ4v) is 2.73. The van der Waals surface area contributed by atoms with Gasteiger partial charge in [0, 0.05) is 17.1 Å². The Morgan fingerprint density at radius 1 is 1.20 bits per heavy atom. The van der Waals surface area contributed by atoms with Crippen molar-refractivity contribution >= 4 is 16.9 Å². The maximum atomic E-state index is 12.1. The van der Waals surface area contributed by atoms with Gasteiger partial charge in [-0.15, -0.1) is 0 Å². The second-order valence-corrected chi connectivity index (χ2v) is 5.32. The number of ether oxygens (including phenoxy) is 2. The van der Waals surface area contributed by atoms with Crippen LogP contribution in [0.3, 0.4) is 0 Å². The number of benzene rings is 2. The van der Waals surface area contributed by atoms with E-state index in [1.54, 1.807) is 19.1 Å². The normalized spacial score (nSPS) is 10.3. The van der Waals surface area contributed by atoms with Gasteiger partial charge in [0.15, 0.2) is 0 Å². The summed E-state index contributed by atoms with van der Waals surface area (Å²) in [5, 5.41) is 9.67. The predicted octanol–water partition coefficient (Wildman–Crippen LogP) is 3.96. The number of rotatable bonds is 4. The van der Waals surface area contributed by atoms with Crippen molar-refractivity contribution in [2.45, 2.75) is 6.92 Å². The molecule has 0 aliphatic rings. The summed E-state index contributed by atoms with van der Waals surface area (Å²) in [4.78, 5) is 16.6. The van der Waals surface area contributed by atoms with Gasteiger partial charge in [-0.1, -0.05) is 24.3 Å². The van der Waals surface area contributed by atoms with Crippen molar-refractivity contribution in [3.63, 3.8) is 0 Å². The van der Waals surface area contributed by atoms with Crippen molar-refractivity contribution in [2.24, 2.45) is 0 Å². The number of nitrogens with zero attached hydrogens (tertiary/aromatic N) is 2. The van der Waals surface area contributed by atoms with Gasteiger partial charge in [0.05, 0.1) is 30.9 Å². The van der Waals surface area contributed by atoms with Gasteiger partial charge in [-0.25, -0.2) is 4.79 Å². The summed E-state index contributed by atoms with van der Waals surface area (Å²) >= 11 is 0. The monoisotopic (exact) mass is 332 g/mol. The van der Waals surface area contributed by atoms with Gasteiger partial charge in [-0.2, -0.15) is 5.26 Å². The van der Waals surface area contributed by atoms with Crippen molar-refractivity contribution in [2.75, 3.05) is 13.7 Å². The number of fused-ring (bicyclic) bond motifs is 1. The quantitative estimate of drug-likeness (QED) is 0.676. The minimum absolute atomic E-state index is 0.283. The number of hydrogen-bond donors (Lipinski definition) is 0. The molecule has 5 nitrogen and oxygen atoms in total. The third kappa shape index (κ3) is 3.02. The Hall–Kier alpha value is -3.39. The minimum atomic E-state index is -0.461. The topological polar surface area (TPSA) is 72.2 Å². The van der Waals surface area contributed by atoms with Gasteiger partial charge in [-0.05, 0) is 30.7 Å². The van der Waals surface area contributed by atoms with Crippen molar-refractivity contribution in [1.29, 1.82) is 5.26 Å². The maximum Gasteiger partial charge on any atom is 0.343 e. The summed E-state index contributed by atoms with van der Waals surface area (Å²) in [7, 11) is 1.52. The Morgan fingerprint density at radius 3 is 2.60 bits per heavy atom. The molecule has 0 amide bonds. The lowest BCUT2D eigenvalue weighted by Crippen LogP contribution is -2.08. The molecule has 0 unspecified atom stereocenters. The lowest BCUT2D eigenvalue weighted by atomic mass is 9.99. The van der Waals surface area contributed by atoms with Gasteiger partial charge < -0.3 is 9.47 Å². The molecular formula is C20H16N2O3. The third-order valence-corrected chi connectivity index (χ3v) is 3.87. The van der Waals surface area contributed by atoms with Gasteiger partial charge >= 0.3 is 5.97 Å². The van der Waals surface area contributed by atoms with Crippen LogP contribution in [0.2, 0.25) is 0 Å². The molecule has 0 atom stereocenters. The first kappa shape index (κ1) is 16.5. The zero-order valence-corrected chi connectivity index (χ0v) is 13.9. The van der Waals surface area contributed by atoms with Crippen molar-refractivity contribution in [3.8, 4) is 22.9 Å². The van der Waals surface area contributed by atoms with E-state index >= 15 is 0 Å². The van der Waals surface area contributed by atoms with Crippen LogP contribution in [0.5, 0.6) is 5.75 Å². The van der Waals surface area contributed by atoms with Crippen LogP contribution < -0.4 is 4.74 Å².